The number of benzene rings is 3. The Kier molecular flexibility index (Phi) is 15.8. The molecular formula is C54H70N12O8. The first-order chi connectivity index (χ1) is 35.7. The normalized spacial score (nSPS) is 28.2. The van der Waals surface area contributed by atoms with Gasteiger partial charge in [-0.05, 0) is 115 Å². The van der Waals surface area contributed by atoms with Crippen molar-refractivity contribution in [1.29, 1.82) is 0 Å². The topological polar surface area (TPSA) is 246 Å². The number of hydrogen-bond donors (Lipinski definition) is 8. The lowest BCUT2D eigenvalue weighted by Gasteiger charge is -2.39. The number of hydrogen-bond acceptors (Lipinski definition) is 10. The fraction of sp³-hybridized carbons (Fsp3) is 0.519. The van der Waals surface area contributed by atoms with E-state index >= 15 is 0 Å². The quantitative estimate of drug-likeness (QED) is 0.117. The Hall–Kier alpha value is -7.06. The van der Waals surface area contributed by atoms with E-state index in [1.54, 1.807) is 62.0 Å². The molecule has 2 aliphatic carbocycles. The van der Waals surface area contributed by atoms with Gasteiger partial charge in [0.15, 0.2) is 0 Å². The van der Waals surface area contributed by atoms with E-state index in [1.165, 1.54) is 9.80 Å². The molecule has 4 aliphatic heterocycles. The second-order valence-electron chi connectivity index (χ2n) is 20.8. The molecule has 4 saturated heterocycles. The number of carbonyl (C=O) groups is 8. The lowest BCUT2D eigenvalue weighted by Crippen LogP contribution is -2.62. The van der Waals surface area contributed by atoms with Gasteiger partial charge in [-0.25, -0.2) is 9.59 Å². The van der Waals surface area contributed by atoms with Crippen LogP contribution in [0.5, 0.6) is 0 Å². The summed E-state index contributed by atoms with van der Waals surface area (Å²) in [5.41, 5.74) is 3.14. The SMILES string of the molecule is CN[C@@H](C)C(=O)NC1CN(C(=O)Nc2ccc(NC(=O)N3CC[C@H]4CC[C@@H](C(=O)N[C@@H]5C[C@H]5c5ccccc5)N4C(=O)[C@@H](NC(=O)[C@H](C)NC)C3)cc2)CC[C@H]2CC[C@@H](C(=O)N[C@@H]3C[C@H]3c3ccccc3)N2C1=O. The van der Waals surface area contributed by atoms with Crippen LogP contribution in [0.3, 0.4) is 0 Å². The number of likely N-dealkylation sites (N-methyl/N-ethyl adjacent to an activating group) is 2. The number of amides is 10. The first-order valence-electron chi connectivity index (χ1n) is 26.2. The summed E-state index contributed by atoms with van der Waals surface area (Å²) in [6, 6.07) is 20.0. The van der Waals surface area contributed by atoms with Crippen LogP contribution in [0.15, 0.2) is 84.9 Å². The van der Waals surface area contributed by atoms with E-state index < -0.39 is 71.9 Å². The van der Waals surface area contributed by atoms with Crippen LogP contribution in [0.4, 0.5) is 21.0 Å². The molecule has 0 spiro atoms. The third-order valence-corrected chi connectivity index (χ3v) is 15.9. The van der Waals surface area contributed by atoms with E-state index in [-0.39, 0.29) is 74.0 Å². The van der Waals surface area contributed by atoms with Crippen molar-refractivity contribution in [3.8, 4) is 0 Å². The van der Waals surface area contributed by atoms with Crippen molar-refractivity contribution in [2.24, 2.45) is 0 Å². The van der Waals surface area contributed by atoms with Gasteiger partial charge < -0.3 is 62.1 Å². The monoisotopic (exact) mass is 1010 g/mol. The van der Waals surface area contributed by atoms with Crippen LogP contribution in [0, 0.1) is 0 Å². The summed E-state index contributed by atoms with van der Waals surface area (Å²) >= 11 is 0. The van der Waals surface area contributed by atoms with Gasteiger partial charge in [-0.3, -0.25) is 28.8 Å². The molecule has 6 fully saturated rings. The third-order valence-electron chi connectivity index (χ3n) is 15.9. The number of anilines is 2. The Morgan fingerprint density at radius 3 is 1.24 bits per heavy atom. The molecule has 0 bridgehead atoms. The van der Waals surface area contributed by atoms with Gasteiger partial charge in [-0.15, -0.1) is 0 Å². The lowest BCUT2D eigenvalue weighted by molar-refractivity contribution is -0.144. The fourth-order valence-electron chi connectivity index (χ4n) is 11.1. The van der Waals surface area contributed by atoms with Gasteiger partial charge in [0.25, 0.3) is 0 Å². The number of fused-ring (bicyclic) bond motifs is 2. The lowest BCUT2D eigenvalue weighted by atomic mass is 10.1. The average molecular weight is 1020 g/mol. The maximum Gasteiger partial charge on any atom is 0.321 e. The van der Waals surface area contributed by atoms with E-state index in [0.29, 0.717) is 49.9 Å². The molecule has 9 rings (SSSR count). The van der Waals surface area contributed by atoms with Crippen molar-refractivity contribution in [3.63, 3.8) is 0 Å². The van der Waals surface area contributed by atoms with Gasteiger partial charge in [0.1, 0.15) is 24.2 Å². The van der Waals surface area contributed by atoms with Crippen LogP contribution in [0.25, 0.3) is 0 Å². The van der Waals surface area contributed by atoms with Crippen LogP contribution in [0.2, 0.25) is 0 Å². The molecule has 2 saturated carbocycles. The van der Waals surface area contributed by atoms with Gasteiger partial charge >= 0.3 is 12.1 Å². The maximum atomic E-state index is 14.5. The van der Waals surface area contributed by atoms with E-state index in [0.717, 1.165) is 24.0 Å². The molecule has 20 nitrogen and oxygen atoms in total. The molecule has 20 heteroatoms. The van der Waals surface area contributed by atoms with Crippen LogP contribution in [-0.4, -0.2) is 168 Å². The van der Waals surface area contributed by atoms with Crippen molar-refractivity contribution < 1.29 is 38.4 Å². The van der Waals surface area contributed by atoms with Crippen LogP contribution >= 0.6 is 0 Å². The Balaban J connectivity index is 0.822. The minimum Gasteiger partial charge on any atom is -0.351 e. The first-order valence-corrected chi connectivity index (χ1v) is 26.2. The number of nitrogens with one attached hydrogen (secondary N) is 8. The molecule has 74 heavy (non-hydrogen) atoms. The van der Waals surface area contributed by atoms with E-state index in [9.17, 15) is 38.4 Å². The van der Waals surface area contributed by atoms with Crippen molar-refractivity contribution in [2.45, 2.75) is 137 Å². The smallest absolute Gasteiger partial charge is 0.321 e. The first kappa shape index (κ1) is 51.8. The molecule has 0 aromatic heterocycles. The fourth-order valence-corrected chi connectivity index (χ4v) is 11.1. The van der Waals surface area contributed by atoms with E-state index in [4.69, 9.17) is 0 Å². The van der Waals surface area contributed by atoms with Crippen molar-refractivity contribution >= 4 is 58.9 Å². The van der Waals surface area contributed by atoms with Gasteiger partial charge in [0.2, 0.25) is 35.4 Å². The molecule has 4 heterocycles. The van der Waals surface area contributed by atoms with E-state index in [1.807, 2.05) is 36.4 Å². The molecule has 394 valence electrons. The summed E-state index contributed by atoms with van der Waals surface area (Å²) in [7, 11) is 3.27. The highest BCUT2D eigenvalue weighted by Crippen LogP contribution is 2.42. The minimum absolute atomic E-state index is 0.0155. The van der Waals surface area contributed by atoms with Crippen molar-refractivity contribution in [3.05, 3.63) is 96.1 Å². The maximum absolute atomic E-state index is 14.5. The van der Waals surface area contributed by atoms with Crippen molar-refractivity contribution in [1.82, 2.24) is 51.5 Å². The number of carbonyl (C=O) groups excluding carboxylic acids is 8. The highest BCUT2D eigenvalue weighted by molar-refractivity contribution is 5.97. The third kappa shape index (κ3) is 11.7. The molecule has 3 aromatic rings. The molecule has 0 radical (unpaired) electrons. The van der Waals surface area contributed by atoms with Gasteiger partial charge in [0, 0.05) is 60.5 Å². The number of nitrogens with zero attached hydrogens (tertiary/aromatic N) is 4. The second-order valence-corrected chi connectivity index (χ2v) is 20.8. The average Bonchev–Trinajstić information content (AvgIpc) is 4.27. The molecule has 8 N–H and O–H groups in total. The zero-order valence-electron chi connectivity index (χ0n) is 42.6. The molecule has 10 amide bonds. The molecule has 3 aromatic carbocycles. The second kappa shape index (κ2) is 22.6. The zero-order chi connectivity index (χ0) is 52.2. The Labute approximate surface area is 431 Å². The summed E-state index contributed by atoms with van der Waals surface area (Å²) in [5, 5.41) is 23.7. The van der Waals surface area contributed by atoms with Gasteiger partial charge in [-0.2, -0.15) is 0 Å². The van der Waals surface area contributed by atoms with Crippen molar-refractivity contribution in [2.75, 3.05) is 50.9 Å². The molecule has 1 unspecified atom stereocenters. The number of rotatable bonds is 14. The van der Waals surface area contributed by atoms with E-state index in [2.05, 4.69) is 66.8 Å². The summed E-state index contributed by atoms with van der Waals surface area (Å²) in [6.07, 6.45) is 4.59. The Morgan fingerprint density at radius 2 is 0.878 bits per heavy atom. The van der Waals surface area contributed by atoms with Gasteiger partial charge in [0.05, 0.1) is 25.2 Å². The summed E-state index contributed by atoms with van der Waals surface area (Å²) in [4.78, 5) is 117. The van der Waals surface area contributed by atoms with Crippen LogP contribution in [-0.2, 0) is 28.8 Å². The highest BCUT2D eigenvalue weighted by atomic mass is 16.2. The van der Waals surface area contributed by atoms with Gasteiger partial charge in [-0.1, -0.05) is 60.7 Å². The minimum atomic E-state index is -1.12. The molecule has 12 atom stereocenters. The predicted molar refractivity (Wildman–Crippen MR) is 277 cm³/mol. The van der Waals surface area contributed by atoms with Crippen LogP contribution in [0.1, 0.15) is 88.2 Å². The molecular weight excluding hydrogens is 945 g/mol. The summed E-state index contributed by atoms with van der Waals surface area (Å²) in [5.74, 6) is -1.65. The Morgan fingerprint density at radius 1 is 0.500 bits per heavy atom. The largest absolute Gasteiger partial charge is 0.351 e. The Bertz CT molecular complexity index is 2400. The standard InChI is InChI=1S/C54H70N12O8/c1-31(55-3)47(67)61-43-29-63(25-23-37-19-21-45(65(37)51(43)71)49(69)59-41-27-39(41)33-11-7-5-8-12-33)53(73)57-35-15-17-36(18-16-35)58-54(74)64-26-24-38-20-22-46(50(70)60-42-28-40(42)34-13-9-6-10-14-34)66(38)52(72)44(30-64)62-48(68)32(2)56-4/h5-18,31-32,37-46,55-56H,19-30H2,1-4H3,(H,57,73)(H,58,74)(H,59,69)(H,60,70)(H,61,67)(H,62,68)/t31-,32-,37+,38+,39-,40-,41+,42+,43-,44?,45-,46-/m0/s1. The van der Waals surface area contributed by atoms with Crippen LogP contribution < -0.4 is 42.5 Å². The molecule has 6 aliphatic rings. The highest BCUT2D eigenvalue weighted by Gasteiger charge is 2.50. The number of urea groups is 2. The zero-order valence-corrected chi connectivity index (χ0v) is 42.6. The summed E-state index contributed by atoms with van der Waals surface area (Å²) in [6.45, 7) is 3.59. The summed E-state index contributed by atoms with van der Waals surface area (Å²) < 4.78 is 0. The predicted octanol–water partition coefficient (Wildman–Crippen LogP) is 2.41.